The van der Waals surface area contributed by atoms with Gasteiger partial charge in [-0.2, -0.15) is 0 Å². The first-order valence-electron chi connectivity index (χ1n) is 6.87. The molecule has 5 nitrogen and oxygen atoms in total. The molecule has 1 aromatic rings. The molecule has 0 aromatic heterocycles. The molecule has 1 aromatic carbocycles. The lowest BCUT2D eigenvalue weighted by atomic mass is 10.0. The van der Waals surface area contributed by atoms with Crippen molar-refractivity contribution in [2.75, 3.05) is 0 Å². The fraction of sp³-hybridized carbons (Fsp3) is 0.467. The summed E-state index contributed by atoms with van der Waals surface area (Å²) in [6.07, 6.45) is 2.63. The Labute approximate surface area is 119 Å². The molecule has 2 atom stereocenters. The van der Waals surface area contributed by atoms with E-state index in [1.54, 1.807) is 0 Å². The standard InChI is InChI=1S/C15H22N2O3/c1-2-3-9-12(16)14(18)17-13(15(19)20)10-11-7-5-4-6-8-11/h4-8,12-13H,2-3,9-10,16H2,1H3,(H,17,18)(H,19,20)/t12?,13-/m0/s1. The monoisotopic (exact) mass is 278 g/mol. The van der Waals surface area contributed by atoms with Crippen molar-refractivity contribution in [3.63, 3.8) is 0 Å². The summed E-state index contributed by atoms with van der Waals surface area (Å²) in [6, 6.07) is 7.60. The largest absolute Gasteiger partial charge is 0.480 e. The van der Waals surface area contributed by atoms with E-state index in [-0.39, 0.29) is 6.42 Å². The van der Waals surface area contributed by atoms with E-state index in [0.29, 0.717) is 6.42 Å². The molecule has 0 aliphatic rings. The zero-order valence-electron chi connectivity index (χ0n) is 11.7. The van der Waals surface area contributed by atoms with Crippen LogP contribution in [0.3, 0.4) is 0 Å². The number of unbranched alkanes of at least 4 members (excludes halogenated alkanes) is 1. The molecule has 0 radical (unpaired) electrons. The Morgan fingerprint density at radius 2 is 1.95 bits per heavy atom. The van der Waals surface area contributed by atoms with Crippen LogP contribution in [0.1, 0.15) is 31.7 Å². The fourth-order valence-electron chi connectivity index (χ4n) is 1.88. The van der Waals surface area contributed by atoms with Gasteiger partial charge in [0.05, 0.1) is 6.04 Å². The summed E-state index contributed by atoms with van der Waals surface area (Å²) in [5.41, 5.74) is 6.60. The van der Waals surface area contributed by atoms with Crippen LogP contribution in [0.25, 0.3) is 0 Å². The Hall–Kier alpha value is -1.88. The minimum Gasteiger partial charge on any atom is -0.480 e. The average Bonchev–Trinajstić information content (AvgIpc) is 2.44. The minimum absolute atomic E-state index is 0.252. The van der Waals surface area contributed by atoms with Gasteiger partial charge in [0.15, 0.2) is 0 Å². The Morgan fingerprint density at radius 1 is 1.30 bits per heavy atom. The summed E-state index contributed by atoms with van der Waals surface area (Å²) in [7, 11) is 0. The van der Waals surface area contributed by atoms with Crippen LogP contribution >= 0.6 is 0 Å². The van der Waals surface area contributed by atoms with Crippen molar-refractivity contribution >= 4 is 11.9 Å². The van der Waals surface area contributed by atoms with Crippen LogP contribution in [0, 0.1) is 0 Å². The topological polar surface area (TPSA) is 92.4 Å². The van der Waals surface area contributed by atoms with E-state index in [1.807, 2.05) is 37.3 Å². The normalized spacial score (nSPS) is 13.5. The molecule has 1 unspecified atom stereocenters. The van der Waals surface area contributed by atoms with Crippen LogP contribution in [-0.4, -0.2) is 29.1 Å². The van der Waals surface area contributed by atoms with E-state index in [2.05, 4.69) is 5.32 Å². The molecule has 0 aliphatic carbocycles. The van der Waals surface area contributed by atoms with Crippen molar-refractivity contribution in [3.8, 4) is 0 Å². The molecule has 0 bridgehead atoms. The summed E-state index contributed by atoms with van der Waals surface area (Å²) in [4.78, 5) is 23.1. The van der Waals surface area contributed by atoms with Gasteiger partial charge in [-0.3, -0.25) is 4.79 Å². The van der Waals surface area contributed by atoms with Crippen LogP contribution in [0.2, 0.25) is 0 Å². The van der Waals surface area contributed by atoms with Crippen LogP contribution in [0.5, 0.6) is 0 Å². The molecule has 0 saturated heterocycles. The number of carboxylic acid groups (broad SMARTS) is 1. The number of aliphatic carboxylic acids is 1. The number of hydrogen-bond donors (Lipinski definition) is 3. The third-order valence-corrected chi connectivity index (χ3v) is 3.10. The molecular formula is C15H22N2O3. The smallest absolute Gasteiger partial charge is 0.326 e. The number of nitrogens with one attached hydrogen (secondary N) is 1. The van der Waals surface area contributed by atoms with Crippen LogP contribution < -0.4 is 11.1 Å². The van der Waals surface area contributed by atoms with Crippen LogP contribution in [-0.2, 0) is 16.0 Å². The molecule has 0 heterocycles. The molecule has 110 valence electrons. The van der Waals surface area contributed by atoms with Crippen molar-refractivity contribution in [2.45, 2.75) is 44.7 Å². The number of amides is 1. The first kappa shape index (κ1) is 16.2. The van der Waals surface area contributed by atoms with Crippen molar-refractivity contribution in [3.05, 3.63) is 35.9 Å². The number of nitrogens with two attached hydrogens (primary N) is 1. The summed E-state index contributed by atoms with van der Waals surface area (Å²) in [6.45, 7) is 2.01. The van der Waals surface area contributed by atoms with Gasteiger partial charge in [-0.05, 0) is 12.0 Å². The number of carbonyl (C=O) groups is 2. The van der Waals surface area contributed by atoms with E-state index in [1.165, 1.54) is 0 Å². The maximum Gasteiger partial charge on any atom is 0.326 e. The predicted molar refractivity (Wildman–Crippen MR) is 77.2 cm³/mol. The van der Waals surface area contributed by atoms with Crippen molar-refractivity contribution in [1.82, 2.24) is 5.32 Å². The SMILES string of the molecule is CCCCC(N)C(=O)N[C@@H](Cc1ccccc1)C(=O)O. The number of benzene rings is 1. The Balaban J connectivity index is 2.59. The van der Waals surface area contributed by atoms with Gasteiger partial charge in [0.1, 0.15) is 6.04 Å². The van der Waals surface area contributed by atoms with Gasteiger partial charge in [-0.1, -0.05) is 50.1 Å². The molecule has 0 spiro atoms. The lowest BCUT2D eigenvalue weighted by molar-refractivity contribution is -0.142. The van der Waals surface area contributed by atoms with E-state index in [4.69, 9.17) is 5.73 Å². The van der Waals surface area contributed by atoms with Crippen molar-refractivity contribution in [2.24, 2.45) is 5.73 Å². The van der Waals surface area contributed by atoms with Crippen LogP contribution in [0.4, 0.5) is 0 Å². The Kier molecular flexibility index (Phi) is 6.73. The first-order valence-corrected chi connectivity index (χ1v) is 6.87. The first-order chi connectivity index (χ1) is 9.54. The molecule has 4 N–H and O–H groups in total. The lowest BCUT2D eigenvalue weighted by Gasteiger charge is -2.17. The maximum absolute atomic E-state index is 11.9. The third kappa shape index (κ3) is 5.40. The second-order valence-electron chi connectivity index (χ2n) is 4.84. The molecule has 0 aliphatic heterocycles. The number of carboxylic acids is 1. The zero-order chi connectivity index (χ0) is 15.0. The summed E-state index contributed by atoms with van der Waals surface area (Å²) < 4.78 is 0. The van der Waals surface area contributed by atoms with Gasteiger partial charge in [-0.15, -0.1) is 0 Å². The average molecular weight is 278 g/mol. The second kappa shape index (κ2) is 8.32. The molecule has 1 amide bonds. The summed E-state index contributed by atoms with van der Waals surface area (Å²) >= 11 is 0. The van der Waals surface area contributed by atoms with Crippen molar-refractivity contribution < 1.29 is 14.7 Å². The molecule has 0 fully saturated rings. The predicted octanol–water partition coefficient (Wildman–Crippen LogP) is 1.32. The molecule has 5 heteroatoms. The van der Waals surface area contributed by atoms with Gasteiger partial charge in [0.25, 0.3) is 0 Å². The number of rotatable bonds is 8. The van der Waals surface area contributed by atoms with E-state index >= 15 is 0 Å². The van der Waals surface area contributed by atoms with E-state index in [0.717, 1.165) is 18.4 Å². The minimum atomic E-state index is -1.05. The Bertz CT molecular complexity index is 434. The number of hydrogen-bond acceptors (Lipinski definition) is 3. The highest BCUT2D eigenvalue weighted by Gasteiger charge is 2.23. The summed E-state index contributed by atoms with van der Waals surface area (Å²) in [5.74, 6) is -1.45. The van der Waals surface area contributed by atoms with Crippen LogP contribution in [0.15, 0.2) is 30.3 Å². The zero-order valence-corrected chi connectivity index (χ0v) is 11.7. The highest BCUT2D eigenvalue weighted by atomic mass is 16.4. The van der Waals surface area contributed by atoms with Gasteiger partial charge in [0.2, 0.25) is 5.91 Å². The number of carbonyl (C=O) groups excluding carboxylic acids is 1. The van der Waals surface area contributed by atoms with Crippen molar-refractivity contribution in [1.29, 1.82) is 0 Å². The summed E-state index contributed by atoms with van der Waals surface area (Å²) in [5, 5.41) is 11.7. The molecule has 1 rings (SSSR count). The maximum atomic E-state index is 11.9. The van der Waals surface area contributed by atoms with Gasteiger partial charge >= 0.3 is 5.97 Å². The van der Waals surface area contributed by atoms with Gasteiger partial charge in [0, 0.05) is 6.42 Å². The van der Waals surface area contributed by atoms with E-state index < -0.39 is 24.0 Å². The highest BCUT2D eigenvalue weighted by Crippen LogP contribution is 2.05. The second-order valence-corrected chi connectivity index (χ2v) is 4.84. The third-order valence-electron chi connectivity index (χ3n) is 3.10. The van der Waals surface area contributed by atoms with Gasteiger partial charge in [-0.25, -0.2) is 4.79 Å². The molecule has 0 saturated carbocycles. The lowest BCUT2D eigenvalue weighted by Crippen LogP contribution is -2.49. The molecule has 20 heavy (non-hydrogen) atoms. The van der Waals surface area contributed by atoms with Gasteiger partial charge < -0.3 is 16.2 Å². The van der Waals surface area contributed by atoms with E-state index in [9.17, 15) is 14.7 Å². The highest BCUT2D eigenvalue weighted by molar-refractivity contribution is 5.86. The quantitative estimate of drug-likeness (QED) is 0.668. The Morgan fingerprint density at radius 3 is 2.50 bits per heavy atom. The molecular weight excluding hydrogens is 256 g/mol. The fourth-order valence-corrected chi connectivity index (χ4v) is 1.88.